The van der Waals surface area contributed by atoms with E-state index < -0.39 is 31.1 Å². The van der Waals surface area contributed by atoms with Crippen LogP contribution in [0.5, 0.6) is 0 Å². The van der Waals surface area contributed by atoms with E-state index >= 15 is 0 Å². The standard InChI is InChI=1S/C24H28N8O4/c33-11-18-20(34)21(35)24(36-18)32-12-26-17-10-25-22(28-23(17)32)19-16(29-31-30-19)9-13-5-1-4-8-15(13)27-14-6-2-3-7-14/h1,4-5,8,10,12,14,18,20-21,24,27,33-35H,2-3,6-7,9,11H2,(H,29,30,31)/t18-,20-,21-,24?/m1/s1. The van der Waals surface area contributed by atoms with E-state index in [0.29, 0.717) is 40.8 Å². The number of aromatic amines is 1. The largest absolute Gasteiger partial charge is 0.394 e. The molecule has 36 heavy (non-hydrogen) atoms. The highest BCUT2D eigenvalue weighted by molar-refractivity contribution is 5.72. The lowest BCUT2D eigenvalue weighted by atomic mass is 10.0. The maximum Gasteiger partial charge on any atom is 0.184 e. The van der Waals surface area contributed by atoms with Crippen LogP contribution in [0.1, 0.15) is 43.2 Å². The van der Waals surface area contributed by atoms with Gasteiger partial charge in [0.25, 0.3) is 0 Å². The van der Waals surface area contributed by atoms with E-state index in [4.69, 9.17) is 4.74 Å². The van der Waals surface area contributed by atoms with Gasteiger partial charge >= 0.3 is 0 Å². The Bertz CT molecular complexity index is 1350. The van der Waals surface area contributed by atoms with Gasteiger partial charge in [-0.15, -0.1) is 0 Å². The average molecular weight is 493 g/mol. The van der Waals surface area contributed by atoms with Crippen LogP contribution in [-0.2, 0) is 11.2 Å². The van der Waals surface area contributed by atoms with Gasteiger partial charge in [0.2, 0.25) is 0 Å². The summed E-state index contributed by atoms with van der Waals surface area (Å²) in [5, 5.41) is 45.1. The molecule has 3 aromatic heterocycles. The van der Waals surface area contributed by atoms with Gasteiger partial charge in [-0.3, -0.25) is 4.57 Å². The second-order valence-electron chi connectivity index (χ2n) is 9.36. The summed E-state index contributed by atoms with van der Waals surface area (Å²) >= 11 is 0. The summed E-state index contributed by atoms with van der Waals surface area (Å²) in [4.78, 5) is 13.4. The molecule has 2 fully saturated rings. The minimum atomic E-state index is -1.25. The van der Waals surface area contributed by atoms with Crippen molar-refractivity contribution in [2.24, 2.45) is 0 Å². The maximum absolute atomic E-state index is 10.5. The zero-order valence-electron chi connectivity index (χ0n) is 19.5. The summed E-state index contributed by atoms with van der Waals surface area (Å²) in [6, 6.07) is 8.70. The molecular weight excluding hydrogens is 464 g/mol. The predicted octanol–water partition coefficient (Wildman–Crippen LogP) is 1.17. The average Bonchev–Trinajstić information content (AvgIpc) is 3.69. The molecule has 2 aliphatic rings. The van der Waals surface area contributed by atoms with Gasteiger partial charge in [-0.25, -0.2) is 15.0 Å². The summed E-state index contributed by atoms with van der Waals surface area (Å²) < 4.78 is 7.19. The van der Waals surface area contributed by atoms with Gasteiger partial charge in [-0.05, 0) is 24.5 Å². The molecule has 1 saturated heterocycles. The molecule has 1 aliphatic heterocycles. The van der Waals surface area contributed by atoms with Crippen LogP contribution in [0.15, 0.2) is 36.8 Å². The molecule has 1 saturated carbocycles. The van der Waals surface area contributed by atoms with Crippen LogP contribution < -0.4 is 5.32 Å². The summed E-state index contributed by atoms with van der Waals surface area (Å²) in [6.45, 7) is -0.416. The number of para-hydroxylation sites is 1. The Kier molecular flexibility index (Phi) is 6.09. The normalized spacial score (nSPS) is 24.6. The Morgan fingerprint density at radius 2 is 1.92 bits per heavy atom. The number of nitrogens with one attached hydrogen (secondary N) is 2. The van der Waals surface area contributed by atoms with Crippen molar-refractivity contribution in [1.82, 2.24) is 34.9 Å². The number of benzene rings is 1. The van der Waals surface area contributed by atoms with Crippen LogP contribution in [0.4, 0.5) is 5.69 Å². The van der Waals surface area contributed by atoms with E-state index in [2.05, 4.69) is 47.8 Å². The Morgan fingerprint density at radius 1 is 1.08 bits per heavy atom. The van der Waals surface area contributed by atoms with Crippen LogP contribution in [0.25, 0.3) is 22.7 Å². The molecule has 1 aromatic carbocycles. The SMILES string of the molecule is OC[C@H]1OC(n2cnc3cnc(-c4n[nH]nc4Cc4ccccc4NC4CCCC4)nc32)[C@H](O)[C@@H]1O. The van der Waals surface area contributed by atoms with Gasteiger partial charge in [0, 0.05) is 18.2 Å². The van der Waals surface area contributed by atoms with E-state index in [9.17, 15) is 15.3 Å². The van der Waals surface area contributed by atoms with Gasteiger partial charge in [0.05, 0.1) is 24.8 Å². The molecule has 5 N–H and O–H groups in total. The third-order valence-electron chi connectivity index (χ3n) is 7.03. The highest BCUT2D eigenvalue weighted by atomic mass is 16.6. The molecule has 0 radical (unpaired) electrons. The number of nitrogens with zero attached hydrogens (tertiary/aromatic N) is 6. The molecule has 1 unspecified atom stereocenters. The smallest absolute Gasteiger partial charge is 0.184 e. The van der Waals surface area contributed by atoms with E-state index in [0.717, 1.165) is 11.3 Å². The molecule has 6 rings (SSSR count). The molecule has 0 amide bonds. The first kappa shape index (κ1) is 23.0. The summed E-state index contributed by atoms with van der Waals surface area (Å²) in [5.41, 5.74) is 4.32. The highest BCUT2D eigenvalue weighted by Crippen LogP contribution is 2.32. The van der Waals surface area contributed by atoms with E-state index in [1.165, 1.54) is 36.6 Å². The fourth-order valence-corrected chi connectivity index (χ4v) is 5.08. The lowest BCUT2D eigenvalue weighted by Gasteiger charge is -2.17. The minimum absolute atomic E-state index is 0.348. The topological polar surface area (TPSA) is 167 Å². The fourth-order valence-electron chi connectivity index (χ4n) is 5.08. The Hall–Kier alpha value is -3.45. The number of anilines is 1. The molecule has 4 heterocycles. The van der Waals surface area contributed by atoms with Gasteiger partial charge in [0.1, 0.15) is 23.8 Å². The second-order valence-corrected chi connectivity index (χ2v) is 9.36. The predicted molar refractivity (Wildman–Crippen MR) is 129 cm³/mol. The number of H-pyrrole nitrogens is 1. The van der Waals surface area contributed by atoms with Crippen molar-refractivity contribution in [1.29, 1.82) is 0 Å². The molecule has 12 heteroatoms. The van der Waals surface area contributed by atoms with Gasteiger partial charge in [-0.1, -0.05) is 31.0 Å². The Balaban J connectivity index is 1.30. The molecule has 188 valence electrons. The summed E-state index contributed by atoms with van der Waals surface area (Å²) in [6.07, 6.45) is 4.14. The van der Waals surface area contributed by atoms with Crippen molar-refractivity contribution in [2.75, 3.05) is 11.9 Å². The second kappa shape index (κ2) is 9.54. The van der Waals surface area contributed by atoms with Crippen molar-refractivity contribution in [3.8, 4) is 11.5 Å². The van der Waals surface area contributed by atoms with E-state index in [-0.39, 0.29) is 0 Å². The Morgan fingerprint density at radius 3 is 2.72 bits per heavy atom. The number of hydrogen-bond donors (Lipinski definition) is 5. The first-order chi connectivity index (χ1) is 17.6. The van der Waals surface area contributed by atoms with Gasteiger partial charge < -0.3 is 25.4 Å². The molecule has 0 bridgehead atoms. The van der Waals surface area contributed by atoms with Crippen molar-refractivity contribution < 1.29 is 20.1 Å². The minimum Gasteiger partial charge on any atom is -0.394 e. The van der Waals surface area contributed by atoms with Crippen molar-refractivity contribution in [3.05, 3.63) is 48.0 Å². The molecule has 4 aromatic rings. The van der Waals surface area contributed by atoms with Crippen LogP contribution >= 0.6 is 0 Å². The first-order valence-electron chi connectivity index (χ1n) is 12.2. The number of fused-ring (bicyclic) bond motifs is 1. The van der Waals surface area contributed by atoms with Crippen LogP contribution in [0, 0.1) is 0 Å². The number of rotatable bonds is 7. The molecular formula is C24H28N8O4. The van der Waals surface area contributed by atoms with Crippen molar-refractivity contribution >= 4 is 16.9 Å². The van der Waals surface area contributed by atoms with Crippen molar-refractivity contribution in [2.45, 2.75) is 62.7 Å². The van der Waals surface area contributed by atoms with E-state index in [1.54, 1.807) is 6.20 Å². The molecule has 0 spiro atoms. The van der Waals surface area contributed by atoms with Crippen LogP contribution in [0.2, 0.25) is 0 Å². The lowest BCUT2D eigenvalue weighted by Crippen LogP contribution is -2.33. The third-order valence-corrected chi connectivity index (χ3v) is 7.03. The first-order valence-corrected chi connectivity index (χ1v) is 12.2. The summed E-state index contributed by atoms with van der Waals surface area (Å²) in [7, 11) is 0. The molecule has 12 nitrogen and oxygen atoms in total. The maximum atomic E-state index is 10.5. The lowest BCUT2D eigenvalue weighted by molar-refractivity contribution is -0.0511. The zero-order valence-corrected chi connectivity index (χ0v) is 19.5. The Labute approximate surface area is 206 Å². The number of aromatic nitrogens is 7. The number of imidazole rings is 1. The fraction of sp³-hybridized carbons (Fsp3) is 0.458. The highest BCUT2D eigenvalue weighted by Gasteiger charge is 2.44. The summed E-state index contributed by atoms with van der Waals surface area (Å²) in [5.74, 6) is 0.348. The van der Waals surface area contributed by atoms with Crippen LogP contribution in [0.3, 0.4) is 0 Å². The third kappa shape index (κ3) is 4.11. The number of hydrogen-bond acceptors (Lipinski definition) is 10. The van der Waals surface area contributed by atoms with Crippen molar-refractivity contribution in [3.63, 3.8) is 0 Å². The number of aliphatic hydroxyl groups excluding tert-OH is 3. The van der Waals surface area contributed by atoms with Gasteiger partial charge in [-0.2, -0.15) is 15.4 Å². The van der Waals surface area contributed by atoms with E-state index in [1.807, 2.05) is 12.1 Å². The molecule has 1 aliphatic carbocycles. The zero-order chi connectivity index (χ0) is 24.6. The van der Waals surface area contributed by atoms with Gasteiger partial charge in [0.15, 0.2) is 23.4 Å². The number of aliphatic hydroxyl groups is 3. The van der Waals surface area contributed by atoms with Crippen LogP contribution in [-0.4, -0.2) is 81.2 Å². The number of ether oxygens (including phenoxy) is 1. The monoisotopic (exact) mass is 492 g/mol. The quantitative estimate of drug-likeness (QED) is 0.253. The molecule has 4 atom stereocenters.